The van der Waals surface area contributed by atoms with E-state index in [1.54, 1.807) is 18.7 Å². The fraction of sp³-hybridized carbons (Fsp3) is 0.474. The van der Waals surface area contributed by atoms with Gasteiger partial charge in [0.15, 0.2) is 5.76 Å². The van der Waals surface area contributed by atoms with Gasteiger partial charge in [0.1, 0.15) is 16.6 Å². The molecule has 1 aromatic heterocycles. The van der Waals surface area contributed by atoms with Crippen molar-refractivity contribution in [3.8, 4) is 0 Å². The van der Waals surface area contributed by atoms with Crippen molar-refractivity contribution in [2.75, 3.05) is 11.4 Å². The average Bonchev–Trinajstić information content (AvgIpc) is 3.16. The molecule has 0 bridgehead atoms. The first-order valence-electron chi connectivity index (χ1n) is 9.05. The van der Waals surface area contributed by atoms with Crippen molar-refractivity contribution < 1.29 is 17.7 Å². The maximum Gasteiger partial charge on any atom is 0.246 e. The van der Waals surface area contributed by atoms with E-state index < -0.39 is 16.1 Å². The van der Waals surface area contributed by atoms with Crippen molar-refractivity contribution >= 4 is 21.6 Å². The normalized spacial score (nSPS) is 15.2. The summed E-state index contributed by atoms with van der Waals surface area (Å²) in [7, 11) is -3.93. The molecule has 0 aliphatic carbocycles. The molecule has 0 unspecified atom stereocenters. The number of para-hydroxylation sites is 1. The molecule has 0 saturated carbocycles. The standard InChI is InChI=1S/C19H25N3O4S/c1-12(2)11-16(21-27(24,25)18-13(3)20-26-14(18)4)19(23)22-10-9-15-7-5-6-8-17(15)22/h5-8,12,16,21H,9-11H2,1-4H3/t16-/m1/s1. The molecule has 0 saturated heterocycles. The zero-order valence-electron chi connectivity index (χ0n) is 16.0. The Kier molecular flexibility index (Phi) is 5.39. The molecule has 1 aromatic carbocycles. The van der Waals surface area contributed by atoms with Crippen molar-refractivity contribution in [2.45, 2.75) is 51.5 Å². The van der Waals surface area contributed by atoms with Crippen LogP contribution in [0.3, 0.4) is 0 Å². The molecule has 1 atom stereocenters. The Morgan fingerprint density at radius 1 is 1.30 bits per heavy atom. The number of nitrogens with one attached hydrogen (secondary N) is 1. The van der Waals surface area contributed by atoms with Crippen LogP contribution in [0.25, 0.3) is 0 Å². The summed E-state index contributed by atoms with van der Waals surface area (Å²) >= 11 is 0. The minimum atomic E-state index is -3.93. The predicted octanol–water partition coefficient (Wildman–Crippen LogP) is 2.57. The van der Waals surface area contributed by atoms with E-state index in [2.05, 4.69) is 9.88 Å². The van der Waals surface area contributed by atoms with Crippen molar-refractivity contribution in [3.63, 3.8) is 0 Å². The summed E-state index contributed by atoms with van der Waals surface area (Å²) in [6.07, 6.45) is 1.17. The first kappa shape index (κ1) is 19.6. The van der Waals surface area contributed by atoms with Crippen molar-refractivity contribution in [1.82, 2.24) is 9.88 Å². The van der Waals surface area contributed by atoms with Gasteiger partial charge in [-0.3, -0.25) is 4.79 Å². The van der Waals surface area contributed by atoms with Crippen LogP contribution in [0.15, 0.2) is 33.7 Å². The van der Waals surface area contributed by atoms with Crippen LogP contribution in [0.5, 0.6) is 0 Å². The van der Waals surface area contributed by atoms with Gasteiger partial charge in [0, 0.05) is 12.2 Å². The first-order chi connectivity index (χ1) is 12.7. The summed E-state index contributed by atoms with van der Waals surface area (Å²) in [5.41, 5.74) is 2.23. The lowest BCUT2D eigenvalue weighted by atomic mass is 10.0. The summed E-state index contributed by atoms with van der Waals surface area (Å²) in [6, 6.07) is 6.87. The maximum atomic E-state index is 13.2. The number of aryl methyl sites for hydroxylation is 2. The van der Waals surface area contributed by atoms with Gasteiger partial charge in [-0.2, -0.15) is 4.72 Å². The molecule has 27 heavy (non-hydrogen) atoms. The van der Waals surface area contributed by atoms with E-state index >= 15 is 0 Å². The lowest BCUT2D eigenvalue weighted by Crippen LogP contribution is -2.49. The van der Waals surface area contributed by atoms with Crippen LogP contribution in [0.4, 0.5) is 5.69 Å². The lowest BCUT2D eigenvalue weighted by Gasteiger charge is -2.26. The SMILES string of the molecule is Cc1noc(C)c1S(=O)(=O)N[C@H](CC(C)C)C(=O)N1CCc2ccccc21. The van der Waals surface area contributed by atoms with Crippen LogP contribution in [0.2, 0.25) is 0 Å². The number of carbonyl (C=O) groups is 1. The van der Waals surface area contributed by atoms with Crippen molar-refractivity contribution in [1.29, 1.82) is 0 Å². The molecule has 1 aliphatic rings. The minimum Gasteiger partial charge on any atom is -0.360 e. The first-order valence-corrected chi connectivity index (χ1v) is 10.5. The average molecular weight is 391 g/mol. The maximum absolute atomic E-state index is 13.2. The van der Waals surface area contributed by atoms with Gasteiger partial charge in [-0.1, -0.05) is 37.2 Å². The molecule has 1 N–H and O–H groups in total. The fourth-order valence-corrected chi connectivity index (χ4v) is 5.06. The Morgan fingerprint density at radius 3 is 2.63 bits per heavy atom. The number of sulfonamides is 1. The summed E-state index contributed by atoms with van der Waals surface area (Å²) in [5.74, 6) is 0.121. The molecule has 8 heteroatoms. The largest absolute Gasteiger partial charge is 0.360 e. The number of carbonyl (C=O) groups excluding carboxylic acids is 1. The number of rotatable bonds is 6. The Labute approximate surface area is 159 Å². The quantitative estimate of drug-likeness (QED) is 0.817. The Hall–Kier alpha value is -2.19. The van der Waals surface area contributed by atoms with Gasteiger partial charge in [0.25, 0.3) is 0 Å². The highest BCUT2D eigenvalue weighted by atomic mass is 32.2. The van der Waals surface area contributed by atoms with E-state index in [0.717, 1.165) is 17.7 Å². The Bertz CT molecular complexity index is 930. The van der Waals surface area contributed by atoms with Gasteiger partial charge in [-0.15, -0.1) is 0 Å². The number of benzene rings is 1. The highest BCUT2D eigenvalue weighted by Gasteiger charge is 2.35. The van der Waals surface area contributed by atoms with Crippen LogP contribution < -0.4 is 9.62 Å². The summed E-state index contributed by atoms with van der Waals surface area (Å²) in [4.78, 5) is 14.9. The highest BCUT2D eigenvalue weighted by Crippen LogP contribution is 2.29. The number of hydrogen-bond acceptors (Lipinski definition) is 5. The minimum absolute atomic E-state index is 0.00544. The highest BCUT2D eigenvalue weighted by molar-refractivity contribution is 7.89. The molecule has 0 spiro atoms. The van der Waals surface area contributed by atoms with Crippen LogP contribution in [0, 0.1) is 19.8 Å². The van der Waals surface area contributed by atoms with Gasteiger partial charge in [-0.05, 0) is 44.2 Å². The molecule has 1 amide bonds. The van der Waals surface area contributed by atoms with Gasteiger partial charge in [-0.25, -0.2) is 8.42 Å². The molecular formula is C19H25N3O4S. The molecule has 2 heterocycles. The summed E-state index contributed by atoms with van der Waals surface area (Å²) in [6.45, 7) is 7.59. The Morgan fingerprint density at radius 2 is 2.00 bits per heavy atom. The second-order valence-electron chi connectivity index (χ2n) is 7.33. The number of hydrogen-bond donors (Lipinski definition) is 1. The molecule has 146 valence electrons. The molecule has 2 aromatic rings. The van der Waals surface area contributed by atoms with Crippen LogP contribution in [-0.2, 0) is 21.2 Å². The van der Waals surface area contributed by atoms with E-state index in [1.165, 1.54) is 0 Å². The fourth-order valence-electron chi connectivity index (χ4n) is 3.53. The van der Waals surface area contributed by atoms with Crippen LogP contribution in [-0.4, -0.2) is 32.1 Å². The third-order valence-electron chi connectivity index (χ3n) is 4.69. The number of anilines is 1. The van der Waals surface area contributed by atoms with E-state index in [4.69, 9.17) is 4.52 Å². The molecular weight excluding hydrogens is 366 g/mol. The van der Waals surface area contributed by atoms with Gasteiger partial charge in [0.2, 0.25) is 15.9 Å². The predicted molar refractivity (Wildman–Crippen MR) is 102 cm³/mol. The lowest BCUT2D eigenvalue weighted by molar-refractivity contribution is -0.120. The van der Waals surface area contributed by atoms with E-state index in [1.807, 2.05) is 38.1 Å². The monoisotopic (exact) mass is 391 g/mol. The van der Waals surface area contributed by atoms with Gasteiger partial charge in [0.05, 0.1) is 0 Å². The van der Waals surface area contributed by atoms with E-state index in [0.29, 0.717) is 13.0 Å². The topological polar surface area (TPSA) is 92.5 Å². The number of aromatic nitrogens is 1. The van der Waals surface area contributed by atoms with E-state index in [9.17, 15) is 13.2 Å². The van der Waals surface area contributed by atoms with Crippen molar-refractivity contribution in [2.24, 2.45) is 5.92 Å². The van der Waals surface area contributed by atoms with Crippen LogP contribution >= 0.6 is 0 Å². The summed E-state index contributed by atoms with van der Waals surface area (Å²) in [5, 5.41) is 3.71. The van der Waals surface area contributed by atoms with Gasteiger partial charge >= 0.3 is 0 Å². The zero-order valence-corrected chi connectivity index (χ0v) is 16.8. The third-order valence-corrected chi connectivity index (χ3v) is 6.41. The molecule has 0 radical (unpaired) electrons. The molecule has 7 nitrogen and oxygen atoms in total. The number of nitrogens with zero attached hydrogens (tertiary/aromatic N) is 2. The third kappa shape index (κ3) is 3.91. The Balaban J connectivity index is 1.90. The number of amides is 1. The number of fused-ring (bicyclic) bond motifs is 1. The summed E-state index contributed by atoms with van der Waals surface area (Å²) < 4.78 is 33.4. The smallest absolute Gasteiger partial charge is 0.246 e. The second-order valence-corrected chi connectivity index (χ2v) is 8.98. The van der Waals surface area contributed by atoms with Crippen molar-refractivity contribution in [3.05, 3.63) is 41.3 Å². The van der Waals surface area contributed by atoms with Crippen LogP contribution in [0.1, 0.15) is 37.3 Å². The van der Waals surface area contributed by atoms with Gasteiger partial charge < -0.3 is 9.42 Å². The van der Waals surface area contributed by atoms with E-state index in [-0.39, 0.29) is 28.2 Å². The molecule has 0 fully saturated rings. The zero-order chi connectivity index (χ0) is 19.8. The molecule has 3 rings (SSSR count). The second kappa shape index (κ2) is 7.44. The molecule has 1 aliphatic heterocycles.